The maximum absolute atomic E-state index is 3.73. The molecule has 2 aliphatic carbocycles. The van der Waals surface area contributed by atoms with Gasteiger partial charge in [-0.1, -0.05) is 111 Å². The molecule has 0 bridgehead atoms. The second-order valence-electron chi connectivity index (χ2n) is 9.77. The highest BCUT2D eigenvalue weighted by Crippen LogP contribution is 2.53. The summed E-state index contributed by atoms with van der Waals surface area (Å²) in [7, 11) is 0. The third kappa shape index (κ3) is 3.63. The predicted octanol–water partition coefficient (Wildman–Crippen LogP) is 10.2. The van der Waals surface area contributed by atoms with Crippen LogP contribution in [0.15, 0.2) is 99.4 Å². The highest BCUT2D eigenvalue weighted by Gasteiger charge is 2.35. The van der Waals surface area contributed by atoms with Crippen LogP contribution in [-0.2, 0) is 0 Å². The number of fused-ring (bicyclic) bond motifs is 4. The summed E-state index contributed by atoms with van der Waals surface area (Å²) in [6, 6.07) is 31.2. The van der Waals surface area contributed by atoms with Crippen molar-refractivity contribution in [2.45, 2.75) is 32.1 Å². The minimum Gasteiger partial charge on any atom is -0.0652 e. The summed E-state index contributed by atoms with van der Waals surface area (Å²) in [5.74, 6) is 1.36. The van der Waals surface area contributed by atoms with E-state index in [2.05, 4.69) is 137 Å². The molecule has 2 atom stereocenters. The number of benzene rings is 4. The van der Waals surface area contributed by atoms with Gasteiger partial charge in [-0.15, -0.1) is 0 Å². The minimum atomic E-state index is 0.397. The van der Waals surface area contributed by atoms with Crippen LogP contribution in [0.1, 0.15) is 54.4 Å². The molecule has 4 aromatic rings. The van der Waals surface area contributed by atoms with Gasteiger partial charge in [0.2, 0.25) is 0 Å². The Morgan fingerprint density at radius 2 is 1.35 bits per heavy atom. The second-order valence-corrected chi connectivity index (χ2v) is 11.6. The van der Waals surface area contributed by atoms with E-state index in [0.717, 1.165) is 15.4 Å². The molecule has 4 aromatic carbocycles. The lowest BCUT2D eigenvalue weighted by Gasteiger charge is -2.26. The van der Waals surface area contributed by atoms with Gasteiger partial charge in [-0.3, -0.25) is 0 Å². The van der Waals surface area contributed by atoms with Gasteiger partial charge in [-0.05, 0) is 88.0 Å². The van der Waals surface area contributed by atoms with Crippen LogP contribution in [0.2, 0.25) is 0 Å². The molecule has 0 spiro atoms. The van der Waals surface area contributed by atoms with Gasteiger partial charge in [0, 0.05) is 20.8 Å². The highest BCUT2D eigenvalue weighted by atomic mass is 79.9. The van der Waals surface area contributed by atoms with Gasteiger partial charge in [0.25, 0.3) is 0 Å². The first-order chi connectivity index (χ1) is 16.5. The van der Waals surface area contributed by atoms with E-state index in [-0.39, 0.29) is 0 Å². The van der Waals surface area contributed by atoms with Crippen LogP contribution in [0.5, 0.6) is 0 Å². The zero-order valence-electron chi connectivity index (χ0n) is 19.4. The van der Waals surface area contributed by atoms with Crippen molar-refractivity contribution in [1.82, 2.24) is 0 Å². The molecular weight excluding hydrogens is 544 g/mol. The van der Waals surface area contributed by atoms with Crippen LogP contribution in [0.3, 0.4) is 0 Å². The Hall–Kier alpha value is -2.42. The molecule has 0 heterocycles. The molecule has 0 saturated heterocycles. The van der Waals surface area contributed by atoms with Crippen molar-refractivity contribution in [3.8, 4) is 22.3 Å². The van der Waals surface area contributed by atoms with Gasteiger partial charge in [-0.25, -0.2) is 0 Å². The lowest BCUT2D eigenvalue weighted by atomic mass is 9.77. The number of rotatable bonds is 4. The predicted molar refractivity (Wildman–Crippen MR) is 151 cm³/mol. The van der Waals surface area contributed by atoms with E-state index >= 15 is 0 Å². The van der Waals surface area contributed by atoms with E-state index in [9.17, 15) is 0 Å². The quantitative estimate of drug-likeness (QED) is 0.229. The Balaban J connectivity index is 1.38. The highest BCUT2D eigenvalue weighted by molar-refractivity contribution is 9.10. The zero-order valence-corrected chi connectivity index (χ0v) is 22.5. The third-order valence-electron chi connectivity index (χ3n) is 7.69. The van der Waals surface area contributed by atoms with Gasteiger partial charge in [-0.2, -0.15) is 0 Å². The summed E-state index contributed by atoms with van der Waals surface area (Å²) >= 11 is 7.46. The summed E-state index contributed by atoms with van der Waals surface area (Å²) in [4.78, 5) is 0. The molecule has 0 N–H and O–H groups in total. The lowest BCUT2D eigenvalue weighted by Crippen LogP contribution is -2.13. The summed E-state index contributed by atoms with van der Waals surface area (Å²) < 4.78 is 2.32. The molecule has 34 heavy (non-hydrogen) atoms. The largest absolute Gasteiger partial charge is 0.0652 e. The van der Waals surface area contributed by atoms with Crippen LogP contribution in [0, 0.1) is 5.92 Å². The smallest absolute Gasteiger partial charge is 0.0178 e. The molecule has 0 aliphatic heterocycles. The molecule has 0 fully saturated rings. The second kappa shape index (κ2) is 8.66. The summed E-state index contributed by atoms with van der Waals surface area (Å²) in [5, 5.41) is 0. The lowest BCUT2D eigenvalue weighted by molar-refractivity contribution is 0.453. The number of hydrogen-bond donors (Lipinski definition) is 0. The molecule has 168 valence electrons. The van der Waals surface area contributed by atoms with Crippen molar-refractivity contribution in [2.75, 3.05) is 0 Å². The Morgan fingerprint density at radius 3 is 2.00 bits per heavy atom. The number of halogens is 2. The maximum Gasteiger partial charge on any atom is 0.0178 e. The molecule has 0 aromatic heterocycles. The monoisotopic (exact) mass is 568 g/mol. The first-order valence-corrected chi connectivity index (χ1v) is 13.6. The van der Waals surface area contributed by atoms with Gasteiger partial charge in [0.15, 0.2) is 0 Å². The van der Waals surface area contributed by atoms with E-state index in [1.165, 1.54) is 50.1 Å². The average molecular weight is 570 g/mol. The number of allylic oxidation sites excluding steroid dienone is 1. The molecule has 6 rings (SSSR count). The van der Waals surface area contributed by atoms with Crippen molar-refractivity contribution >= 4 is 37.9 Å². The first-order valence-electron chi connectivity index (χ1n) is 12.0. The summed E-state index contributed by atoms with van der Waals surface area (Å²) in [6.07, 6.45) is 3.56. The maximum atomic E-state index is 3.73. The van der Waals surface area contributed by atoms with E-state index in [1.54, 1.807) is 0 Å². The Bertz CT molecular complexity index is 1380. The van der Waals surface area contributed by atoms with Gasteiger partial charge >= 0.3 is 0 Å². The third-order valence-corrected chi connectivity index (χ3v) is 8.67. The van der Waals surface area contributed by atoms with E-state index < -0.39 is 0 Å². The fourth-order valence-corrected chi connectivity index (χ4v) is 6.92. The van der Waals surface area contributed by atoms with Crippen LogP contribution in [0.25, 0.3) is 28.3 Å². The molecule has 2 aliphatic rings. The standard InChI is InChI=1S/C32H26Br2/c1-19-15-29-24(21-7-4-3-5-8-21)9-6-10-25(29)28(19)16-20(2)32-30-17-22(33)11-13-26(30)27-14-12-23(34)18-31(27)32/h3-15,17-18,20,28,32H,16H2,1-2H3. The Kier molecular flexibility index (Phi) is 5.62. The van der Waals surface area contributed by atoms with E-state index in [0.29, 0.717) is 17.8 Å². The van der Waals surface area contributed by atoms with Crippen LogP contribution in [0.4, 0.5) is 0 Å². The van der Waals surface area contributed by atoms with Crippen LogP contribution >= 0.6 is 31.9 Å². The fourth-order valence-electron chi connectivity index (χ4n) is 6.16. The molecule has 2 unspecified atom stereocenters. The van der Waals surface area contributed by atoms with Crippen molar-refractivity contribution in [1.29, 1.82) is 0 Å². The van der Waals surface area contributed by atoms with E-state index in [1.807, 2.05) is 0 Å². The van der Waals surface area contributed by atoms with Crippen molar-refractivity contribution in [2.24, 2.45) is 5.92 Å². The first kappa shape index (κ1) is 22.1. The Morgan fingerprint density at radius 1 is 0.706 bits per heavy atom. The van der Waals surface area contributed by atoms with Crippen molar-refractivity contribution < 1.29 is 0 Å². The topological polar surface area (TPSA) is 0 Å². The molecule has 2 heteroatoms. The zero-order chi connectivity index (χ0) is 23.4. The molecule has 0 amide bonds. The Labute approximate surface area is 219 Å². The SMILES string of the molecule is CC1=Cc2c(-c3ccccc3)cccc2C1CC(C)C1c2cc(Br)ccc2-c2ccc(Br)cc21. The van der Waals surface area contributed by atoms with Gasteiger partial charge in [0.05, 0.1) is 0 Å². The van der Waals surface area contributed by atoms with Crippen LogP contribution in [-0.4, -0.2) is 0 Å². The molecule has 0 saturated carbocycles. The van der Waals surface area contributed by atoms with Crippen molar-refractivity contribution in [3.05, 3.63) is 122 Å². The molecule has 0 radical (unpaired) electrons. The molecule has 0 nitrogen and oxygen atoms in total. The summed E-state index contributed by atoms with van der Waals surface area (Å²) in [6.45, 7) is 4.76. The van der Waals surface area contributed by atoms with E-state index in [4.69, 9.17) is 0 Å². The minimum absolute atomic E-state index is 0.397. The van der Waals surface area contributed by atoms with Gasteiger partial charge in [0.1, 0.15) is 0 Å². The van der Waals surface area contributed by atoms with Gasteiger partial charge < -0.3 is 0 Å². The molecular formula is C32H26Br2. The summed E-state index contributed by atoms with van der Waals surface area (Å²) in [5.41, 5.74) is 12.7. The average Bonchev–Trinajstić information content (AvgIpc) is 3.32. The fraction of sp³-hybridized carbons (Fsp3) is 0.188. The van der Waals surface area contributed by atoms with Crippen molar-refractivity contribution in [3.63, 3.8) is 0 Å². The number of hydrogen-bond acceptors (Lipinski definition) is 0. The normalized spacial score (nSPS) is 17.2. The van der Waals surface area contributed by atoms with Crippen LogP contribution < -0.4 is 0 Å².